The van der Waals surface area contributed by atoms with Crippen molar-refractivity contribution < 1.29 is 8.42 Å². The summed E-state index contributed by atoms with van der Waals surface area (Å²) in [6.45, 7) is 1.74. The van der Waals surface area contributed by atoms with Gasteiger partial charge in [-0.25, -0.2) is 13.1 Å². The third-order valence-electron chi connectivity index (χ3n) is 2.83. The van der Waals surface area contributed by atoms with Crippen molar-refractivity contribution in [3.05, 3.63) is 64.1 Å². The monoisotopic (exact) mass is 329 g/mol. The third-order valence-corrected chi connectivity index (χ3v) is 4.98. The standard InChI is InChI=1S/C14H13Cl2NO2S/c1-10(13-4-2-3-5-14(13)16)17-20(18,19)12-8-6-11(15)7-9-12/h2-10,17H,1H3/t10-/m1/s1. The summed E-state index contributed by atoms with van der Waals surface area (Å²) >= 11 is 11.8. The maximum absolute atomic E-state index is 12.2. The van der Waals surface area contributed by atoms with E-state index in [0.29, 0.717) is 10.0 Å². The first-order valence-electron chi connectivity index (χ1n) is 5.92. The number of hydrogen-bond donors (Lipinski definition) is 1. The molecule has 2 aromatic carbocycles. The lowest BCUT2D eigenvalue weighted by molar-refractivity contribution is 0.567. The molecule has 0 radical (unpaired) electrons. The lowest BCUT2D eigenvalue weighted by atomic mass is 10.1. The van der Waals surface area contributed by atoms with E-state index in [-0.39, 0.29) is 4.90 Å². The zero-order chi connectivity index (χ0) is 14.8. The number of benzene rings is 2. The van der Waals surface area contributed by atoms with E-state index in [1.165, 1.54) is 24.3 Å². The lowest BCUT2D eigenvalue weighted by Gasteiger charge is -2.16. The fraction of sp³-hybridized carbons (Fsp3) is 0.143. The van der Waals surface area contributed by atoms with Crippen LogP contribution in [0.25, 0.3) is 0 Å². The van der Waals surface area contributed by atoms with Crippen LogP contribution >= 0.6 is 23.2 Å². The van der Waals surface area contributed by atoms with E-state index in [1.54, 1.807) is 25.1 Å². The van der Waals surface area contributed by atoms with Crippen LogP contribution in [-0.2, 0) is 10.0 Å². The highest BCUT2D eigenvalue weighted by atomic mass is 35.5. The molecule has 0 bridgehead atoms. The fourth-order valence-electron chi connectivity index (χ4n) is 1.80. The largest absolute Gasteiger partial charge is 0.241 e. The zero-order valence-electron chi connectivity index (χ0n) is 10.7. The Kier molecular flexibility index (Phi) is 4.70. The lowest BCUT2D eigenvalue weighted by Crippen LogP contribution is -2.27. The van der Waals surface area contributed by atoms with E-state index in [9.17, 15) is 8.42 Å². The van der Waals surface area contributed by atoms with E-state index in [2.05, 4.69) is 4.72 Å². The Morgan fingerprint density at radius 3 is 2.20 bits per heavy atom. The molecule has 0 unspecified atom stereocenters. The molecule has 0 amide bonds. The predicted octanol–water partition coefficient (Wildman–Crippen LogP) is 4.03. The first-order valence-corrected chi connectivity index (χ1v) is 8.16. The molecule has 2 rings (SSSR count). The van der Waals surface area contributed by atoms with Crippen molar-refractivity contribution in [2.75, 3.05) is 0 Å². The van der Waals surface area contributed by atoms with Crippen LogP contribution in [0.1, 0.15) is 18.5 Å². The number of hydrogen-bond acceptors (Lipinski definition) is 2. The SMILES string of the molecule is C[C@@H](NS(=O)(=O)c1ccc(Cl)cc1)c1ccccc1Cl. The summed E-state index contributed by atoms with van der Waals surface area (Å²) in [5, 5.41) is 1.02. The van der Waals surface area contributed by atoms with Gasteiger partial charge in [-0.2, -0.15) is 0 Å². The Balaban J connectivity index is 2.24. The van der Waals surface area contributed by atoms with Gasteiger partial charge in [0, 0.05) is 16.1 Å². The minimum Gasteiger partial charge on any atom is -0.207 e. The van der Waals surface area contributed by atoms with E-state index in [0.717, 1.165) is 5.56 Å². The summed E-state index contributed by atoms with van der Waals surface area (Å²) in [7, 11) is -3.61. The first-order chi connectivity index (χ1) is 9.40. The molecule has 6 heteroatoms. The number of halogens is 2. The van der Waals surface area contributed by atoms with E-state index < -0.39 is 16.1 Å². The molecule has 0 spiro atoms. The second kappa shape index (κ2) is 6.14. The summed E-state index contributed by atoms with van der Waals surface area (Å²) in [6, 6.07) is 12.7. The second-order valence-electron chi connectivity index (χ2n) is 4.32. The second-order valence-corrected chi connectivity index (χ2v) is 6.88. The van der Waals surface area contributed by atoms with Crippen LogP contribution < -0.4 is 4.72 Å². The van der Waals surface area contributed by atoms with Crippen LogP contribution in [0.5, 0.6) is 0 Å². The molecule has 0 fully saturated rings. The molecule has 3 nitrogen and oxygen atoms in total. The highest BCUT2D eigenvalue weighted by Crippen LogP contribution is 2.24. The number of rotatable bonds is 4. The molecule has 106 valence electrons. The Hall–Kier alpha value is -1.07. The molecule has 20 heavy (non-hydrogen) atoms. The molecule has 0 aliphatic heterocycles. The summed E-state index contributed by atoms with van der Waals surface area (Å²) in [5.41, 5.74) is 0.728. The maximum atomic E-state index is 12.2. The van der Waals surface area contributed by atoms with Crippen molar-refractivity contribution in [2.24, 2.45) is 0 Å². The average Bonchev–Trinajstić information content (AvgIpc) is 2.39. The van der Waals surface area contributed by atoms with E-state index >= 15 is 0 Å². The van der Waals surface area contributed by atoms with Gasteiger partial charge in [0.1, 0.15) is 0 Å². The smallest absolute Gasteiger partial charge is 0.207 e. The normalized spacial score (nSPS) is 13.2. The minimum atomic E-state index is -3.61. The van der Waals surface area contributed by atoms with Gasteiger partial charge in [0.2, 0.25) is 10.0 Å². The Labute approximate surface area is 128 Å². The van der Waals surface area contributed by atoms with Crippen molar-refractivity contribution in [3.8, 4) is 0 Å². The van der Waals surface area contributed by atoms with Crippen LogP contribution in [-0.4, -0.2) is 8.42 Å². The Morgan fingerprint density at radius 1 is 1.00 bits per heavy atom. The van der Waals surface area contributed by atoms with Crippen molar-refractivity contribution in [2.45, 2.75) is 17.9 Å². The zero-order valence-corrected chi connectivity index (χ0v) is 13.0. The van der Waals surface area contributed by atoms with Gasteiger partial charge >= 0.3 is 0 Å². The van der Waals surface area contributed by atoms with Gasteiger partial charge in [0.25, 0.3) is 0 Å². The molecular weight excluding hydrogens is 317 g/mol. The Morgan fingerprint density at radius 2 is 1.60 bits per heavy atom. The molecule has 2 aromatic rings. The van der Waals surface area contributed by atoms with Gasteiger partial charge < -0.3 is 0 Å². The van der Waals surface area contributed by atoms with Crippen molar-refractivity contribution in [1.29, 1.82) is 0 Å². The molecule has 1 N–H and O–H groups in total. The van der Waals surface area contributed by atoms with Gasteiger partial charge in [-0.1, -0.05) is 41.4 Å². The quantitative estimate of drug-likeness (QED) is 0.920. The van der Waals surface area contributed by atoms with Crippen molar-refractivity contribution >= 4 is 33.2 Å². The van der Waals surface area contributed by atoms with E-state index in [1.807, 2.05) is 6.07 Å². The minimum absolute atomic E-state index is 0.167. The average molecular weight is 330 g/mol. The van der Waals surface area contributed by atoms with Gasteiger partial charge in [0.15, 0.2) is 0 Å². The Bertz CT molecular complexity index is 699. The topological polar surface area (TPSA) is 46.2 Å². The van der Waals surface area contributed by atoms with Gasteiger partial charge in [-0.05, 0) is 42.8 Å². The molecule has 0 aliphatic rings. The van der Waals surface area contributed by atoms with E-state index in [4.69, 9.17) is 23.2 Å². The predicted molar refractivity (Wildman–Crippen MR) is 81.6 cm³/mol. The molecule has 0 saturated heterocycles. The van der Waals surface area contributed by atoms with Crippen LogP contribution in [0.4, 0.5) is 0 Å². The molecule has 1 atom stereocenters. The summed E-state index contributed by atoms with van der Waals surface area (Å²) in [6.07, 6.45) is 0. The van der Waals surface area contributed by atoms with Gasteiger partial charge in [0.05, 0.1) is 4.90 Å². The van der Waals surface area contributed by atoms with Crippen molar-refractivity contribution in [3.63, 3.8) is 0 Å². The molecule has 0 aliphatic carbocycles. The summed E-state index contributed by atoms with van der Waals surface area (Å²) in [4.78, 5) is 0.167. The number of nitrogens with one attached hydrogen (secondary N) is 1. The summed E-state index contributed by atoms with van der Waals surface area (Å²) in [5.74, 6) is 0. The molecule has 0 heterocycles. The first kappa shape index (κ1) is 15.3. The van der Waals surface area contributed by atoms with Crippen LogP contribution in [0.3, 0.4) is 0 Å². The van der Waals surface area contributed by atoms with Crippen molar-refractivity contribution in [1.82, 2.24) is 4.72 Å². The number of sulfonamides is 1. The molecule has 0 aromatic heterocycles. The molecule has 0 saturated carbocycles. The third kappa shape index (κ3) is 3.52. The van der Waals surface area contributed by atoms with Crippen LogP contribution in [0, 0.1) is 0 Å². The molecular formula is C14H13Cl2NO2S. The van der Waals surface area contributed by atoms with Gasteiger partial charge in [-0.15, -0.1) is 0 Å². The summed E-state index contributed by atoms with van der Waals surface area (Å²) < 4.78 is 27.1. The maximum Gasteiger partial charge on any atom is 0.241 e. The fourth-order valence-corrected chi connectivity index (χ4v) is 3.45. The van der Waals surface area contributed by atoms with Crippen LogP contribution in [0.2, 0.25) is 10.0 Å². The highest BCUT2D eigenvalue weighted by Gasteiger charge is 2.19. The van der Waals surface area contributed by atoms with Crippen LogP contribution in [0.15, 0.2) is 53.4 Å². The van der Waals surface area contributed by atoms with Gasteiger partial charge in [-0.3, -0.25) is 0 Å². The highest BCUT2D eigenvalue weighted by molar-refractivity contribution is 7.89.